The van der Waals surface area contributed by atoms with Crippen molar-refractivity contribution in [3.05, 3.63) is 83.4 Å². The number of amides is 1. The number of aromatic nitrogens is 3. The lowest BCUT2D eigenvalue weighted by Gasteiger charge is -2.11. The maximum Gasteiger partial charge on any atom is 0.228 e. The number of anilines is 1. The van der Waals surface area contributed by atoms with Gasteiger partial charge in [0.05, 0.1) is 12.1 Å². The quantitative estimate of drug-likeness (QED) is 0.578. The summed E-state index contributed by atoms with van der Waals surface area (Å²) in [6.45, 7) is 3.83. The highest BCUT2D eigenvalue weighted by Gasteiger charge is 2.16. The molecular weight excluding hydrogens is 355 g/mol. The van der Waals surface area contributed by atoms with Gasteiger partial charge in [0.25, 0.3) is 0 Å². The molecule has 4 rings (SSSR count). The Balaban J connectivity index is 1.63. The first-order valence-electron chi connectivity index (χ1n) is 8.98. The standard InChI is InChI=1S/C22H19FN4O/c1-14-19(12-22(28)25-18-10-8-17(23)9-11-18)15(2)27-21(24-14)13-20(26-27)16-6-4-3-5-7-16/h3-11,13H,12H2,1-2H3,(H,25,28). The zero-order valence-corrected chi connectivity index (χ0v) is 15.6. The van der Waals surface area contributed by atoms with Crippen LogP contribution in [0.25, 0.3) is 16.9 Å². The van der Waals surface area contributed by atoms with Crippen LogP contribution in [0.15, 0.2) is 60.7 Å². The molecule has 0 radical (unpaired) electrons. The van der Waals surface area contributed by atoms with Crippen molar-refractivity contribution >= 4 is 17.2 Å². The van der Waals surface area contributed by atoms with Crippen LogP contribution in [-0.4, -0.2) is 20.5 Å². The van der Waals surface area contributed by atoms with Crippen molar-refractivity contribution in [2.24, 2.45) is 0 Å². The van der Waals surface area contributed by atoms with Gasteiger partial charge in [-0.3, -0.25) is 4.79 Å². The monoisotopic (exact) mass is 374 g/mol. The van der Waals surface area contributed by atoms with Gasteiger partial charge >= 0.3 is 0 Å². The maximum absolute atomic E-state index is 13.0. The Morgan fingerprint density at radius 3 is 2.50 bits per heavy atom. The number of benzene rings is 2. The van der Waals surface area contributed by atoms with Gasteiger partial charge in [-0.1, -0.05) is 30.3 Å². The van der Waals surface area contributed by atoms with Gasteiger partial charge in [0.15, 0.2) is 5.65 Å². The first kappa shape index (κ1) is 17.9. The molecule has 140 valence electrons. The summed E-state index contributed by atoms with van der Waals surface area (Å²) in [7, 11) is 0. The fraction of sp³-hybridized carbons (Fsp3) is 0.136. The number of halogens is 1. The highest BCUT2D eigenvalue weighted by atomic mass is 19.1. The largest absolute Gasteiger partial charge is 0.326 e. The number of hydrogen-bond acceptors (Lipinski definition) is 3. The Bertz CT molecular complexity index is 1150. The lowest BCUT2D eigenvalue weighted by molar-refractivity contribution is -0.115. The Kier molecular flexibility index (Phi) is 4.61. The number of nitrogens with zero attached hydrogens (tertiary/aromatic N) is 3. The van der Waals surface area contributed by atoms with Crippen molar-refractivity contribution in [3.8, 4) is 11.3 Å². The predicted molar refractivity (Wildman–Crippen MR) is 107 cm³/mol. The van der Waals surface area contributed by atoms with Crippen molar-refractivity contribution in [2.75, 3.05) is 5.32 Å². The molecule has 0 aliphatic rings. The Hall–Kier alpha value is -3.54. The smallest absolute Gasteiger partial charge is 0.228 e. The second-order valence-corrected chi connectivity index (χ2v) is 6.66. The molecule has 0 fully saturated rings. The van der Waals surface area contributed by atoms with E-state index in [0.717, 1.165) is 33.9 Å². The highest BCUT2D eigenvalue weighted by molar-refractivity contribution is 5.92. The number of aryl methyl sites for hydroxylation is 2. The highest BCUT2D eigenvalue weighted by Crippen LogP contribution is 2.22. The van der Waals surface area contributed by atoms with Crippen LogP contribution in [0, 0.1) is 19.7 Å². The molecule has 5 nitrogen and oxygen atoms in total. The molecule has 0 bridgehead atoms. The summed E-state index contributed by atoms with van der Waals surface area (Å²) >= 11 is 0. The molecule has 1 N–H and O–H groups in total. The molecule has 28 heavy (non-hydrogen) atoms. The third-order valence-corrected chi connectivity index (χ3v) is 4.70. The van der Waals surface area contributed by atoms with Gasteiger partial charge in [-0.15, -0.1) is 0 Å². The summed E-state index contributed by atoms with van der Waals surface area (Å²) in [6.07, 6.45) is 0.165. The number of hydrogen-bond donors (Lipinski definition) is 1. The molecule has 0 saturated heterocycles. The normalized spacial score (nSPS) is 11.0. The van der Waals surface area contributed by atoms with Gasteiger partial charge in [0, 0.05) is 34.3 Å². The van der Waals surface area contributed by atoms with Crippen molar-refractivity contribution in [2.45, 2.75) is 20.3 Å². The fourth-order valence-corrected chi connectivity index (χ4v) is 3.23. The van der Waals surface area contributed by atoms with E-state index in [0.29, 0.717) is 5.69 Å². The van der Waals surface area contributed by atoms with E-state index in [2.05, 4.69) is 15.4 Å². The molecule has 4 aromatic rings. The summed E-state index contributed by atoms with van der Waals surface area (Å²) in [5.74, 6) is -0.526. The maximum atomic E-state index is 13.0. The SMILES string of the molecule is Cc1nc2cc(-c3ccccc3)nn2c(C)c1CC(=O)Nc1ccc(F)cc1. The molecular formula is C22H19FN4O. The third kappa shape index (κ3) is 3.49. The topological polar surface area (TPSA) is 59.3 Å². The van der Waals surface area contributed by atoms with E-state index in [9.17, 15) is 9.18 Å². The number of rotatable bonds is 4. The molecule has 0 aliphatic heterocycles. The summed E-state index contributed by atoms with van der Waals surface area (Å²) in [5.41, 5.74) is 5.65. The molecule has 1 amide bonds. The van der Waals surface area contributed by atoms with Crippen LogP contribution < -0.4 is 5.32 Å². The molecule has 0 atom stereocenters. The second kappa shape index (κ2) is 7.23. The first-order valence-corrected chi connectivity index (χ1v) is 8.98. The van der Waals surface area contributed by atoms with Crippen LogP contribution in [0.2, 0.25) is 0 Å². The van der Waals surface area contributed by atoms with Gasteiger partial charge in [0.2, 0.25) is 5.91 Å². The average molecular weight is 374 g/mol. The molecule has 0 unspecified atom stereocenters. The van der Waals surface area contributed by atoms with Crippen molar-refractivity contribution in [1.29, 1.82) is 0 Å². The van der Waals surface area contributed by atoms with Crippen LogP contribution >= 0.6 is 0 Å². The minimum absolute atomic E-state index is 0.165. The molecule has 0 spiro atoms. The van der Waals surface area contributed by atoms with E-state index >= 15 is 0 Å². The summed E-state index contributed by atoms with van der Waals surface area (Å²) in [6, 6.07) is 17.5. The van der Waals surface area contributed by atoms with Gasteiger partial charge in [-0.05, 0) is 38.1 Å². The second-order valence-electron chi connectivity index (χ2n) is 6.66. The van der Waals surface area contributed by atoms with Crippen LogP contribution in [0.4, 0.5) is 10.1 Å². The minimum atomic E-state index is -0.341. The predicted octanol–water partition coefficient (Wildman–Crippen LogP) is 4.33. The lowest BCUT2D eigenvalue weighted by atomic mass is 10.1. The molecule has 0 aliphatic carbocycles. The number of nitrogens with one attached hydrogen (secondary N) is 1. The van der Waals surface area contributed by atoms with Crippen LogP contribution in [-0.2, 0) is 11.2 Å². The van der Waals surface area contributed by atoms with Crippen LogP contribution in [0.1, 0.15) is 17.0 Å². The van der Waals surface area contributed by atoms with Gasteiger partial charge < -0.3 is 5.32 Å². The van der Waals surface area contributed by atoms with E-state index in [4.69, 9.17) is 0 Å². The molecule has 2 heterocycles. The van der Waals surface area contributed by atoms with Gasteiger partial charge in [-0.2, -0.15) is 5.10 Å². The molecule has 0 saturated carbocycles. The first-order chi connectivity index (χ1) is 13.5. The van der Waals surface area contributed by atoms with Crippen LogP contribution in [0.3, 0.4) is 0 Å². The number of fused-ring (bicyclic) bond motifs is 1. The Morgan fingerprint density at radius 1 is 1.07 bits per heavy atom. The summed E-state index contributed by atoms with van der Waals surface area (Å²) in [5, 5.41) is 7.45. The van der Waals surface area contributed by atoms with E-state index < -0.39 is 0 Å². The lowest BCUT2D eigenvalue weighted by Crippen LogP contribution is -2.17. The van der Waals surface area contributed by atoms with E-state index in [-0.39, 0.29) is 18.1 Å². The summed E-state index contributed by atoms with van der Waals surface area (Å²) in [4.78, 5) is 17.1. The minimum Gasteiger partial charge on any atom is -0.326 e. The van der Waals surface area contributed by atoms with E-state index in [1.807, 2.05) is 50.2 Å². The fourth-order valence-electron chi connectivity index (χ4n) is 3.23. The van der Waals surface area contributed by atoms with Crippen molar-refractivity contribution < 1.29 is 9.18 Å². The number of carbonyl (C=O) groups is 1. The summed E-state index contributed by atoms with van der Waals surface area (Å²) < 4.78 is 14.8. The Morgan fingerprint density at radius 2 is 1.79 bits per heavy atom. The zero-order chi connectivity index (χ0) is 19.7. The molecule has 2 aromatic carbocycles. The van der Waals surface area contributed by atoms with Crippen molar-refractivity contribution in [1.82, 2.24) is 14.6 Å². The number of carbonyl (C=O) groups excluding carboxylic acids is 1. The molecule has 2 aromatic heterocycles. The van der Waals surface area contributed by atoms with E-state index in [1.54, 1.807) is 4.52 Å². The van der Waals surface area contributed by atoms with Gasteiger partial charge in [-0.25, -0.2) is 13.9 Å². The van der Waals surface area contributed by atoms with Gasteiger partial charge in [0.1, 0.15) is 5.82 Å². The third-order valence-electron chi connectivity index (χ3n) is 4.70. The Labute approximate surface area is 161 Å². The van der Waals surface area contributed by atoms with E-state index in [1.165, 1.54) is 24.3 Å². The van der Waals surface area contributed by atoms with Crippen molar-refractivity contribution in [3.63, 3.8) is 0 Å². The molecule has 6 heteroatoms. The van der Waals surface area contributed by atoms with Crippen LogP contribution in [0.5, 0.6) is 0 Å². The zero-order valence-electron chi connectivity index (χ0n) is 15.6. The average Bonchev–Trinajstić information content (AvgIpc) is 3.12.